The van der Waals surface area contributed by atoms with Gasteiger partial charge in [0.1, 0.15) is 12.1 Å². The van der Waals surface area contributed by atoms with Crippen LogP contribution in [0.25, 0.3) is 11.0 Å². The predicted octanol–water partition coefficient (Wildman–Crippen LogP) is 2.01. The molecule has 0 spiro atoms. The number of benzene rings is 1. The van der Waals surface area contributed by atoms with Crippen LogP contribution in [-0.2, 0) is 6.42 Å². The number of rotatable bonds is 4. The summed E-state index contributed by atoms with van der Waals surface area (Å²) >= 11 is 0. The van der Waals surface area contributed by atoms with Gasteiger partial charge >= 0.3 is 0 Å². The van der Waals surface area contributed by atoms with Crippen LogP contribution in [0.4, 0.5) is 5.82 Å². The number of anilines is 1. The number of fused-ring (bicyclic) bond motifs is 1. The molecule has 0 radical (unpaired) electrons. The summed E-state index contributed by atoms with van der Waals surface area (Å²) < 4.78 is 0. The van der Waals surface area contributed by atoms with E-state index in [0.717, 1.165) is 29.8 Å². The molecule has 1 aromatic carbocycles. The molecule has 0 amide bonds. The van der Waals surface area contributed by atoms with Crippen LogP contribution >= 0.6 is 0 Å². The molecule has 5 heteroatoms. The summed E-state index contributed by atoms with van der Waals surface area (Å²) in [6, 6.07) is 10.4. The molecular formula is C13H13N5. The van der Waals surface area contributed by atoms with E-state index < -0.39 is 0 Å². The van der Waals surface area contributed by atoms with Crippen LogP contribution in [0.3, 0.4) is 0 Å². The minimum atomic E-state index is 0.757. The van der Waals surface area contributed by atoms with Crippen LogP contribution in [0.15, 0.2) is 42.9 Å². The molecule has 0 unspecified atom stereocenters. The first-order valence-electron chi connectivity index (χ1n) is 5.85. The summed E-state index contributed by atoms with van der Waals surface area (Å²) in [7, 11) is 0. The van der Waals surface area contributed by atoms with Crippen LogP contribution < -0.4 is 5.32 Å². The Bertz CT molecular complexity index is 632. The van der Waals surface area contributed by atoms with E-state index in [4.69, 9.17) is 0 Å². The van der Waals surface area contributed by atoms with Crippen molar-refractivity contribution in [2.45, 2.75) is 6.42 Å². The Morgan fingerprint density at radius 2 is 2.00 bits per heavy atom. The molecule has 2 aromatic heterocycles. The molecule has 3 rings (SSSR count). The summed E-state index contributed by atoms with van der Waals surface area (Å²) in [5, 5.41) is 11.0. The van der Waals surface area contributed by atoms with Crippen molar-refractivity contribution in [3.05, 3.63) is 48.4 Å². The summed E-state index contributed by atoms with van der Waals surface area (Å²) in [6.45, 7) is 0.835. The maximum atomic E-state index is 4.23. The van der Waals surface area contributed by atoms with Gasteiger partial charge < -0.3 is 5.32 Å². The summed E-state index contributed by atoms with van der Waals surface area (Å²) in [5.74, 6) is 0.824. The molecule has 2 N–H and O–H groups in total. The molecule has 0 saturated carbocycles. The lowest BCUT2D eigenvalue weighted by molar-refractivity contribution is 1.01. The standard InChI is InChI=1S/C13H13N5/c1-2-4-10(5-3-1)6-7-14-12-11-8-17-18-13(11)16-9-15-12/h1-5,8-9H,6-7H2,(H2,14,15,16,17,18). The van der Waals surface area contributed by atoms with E-state index in [1.807, 2.05) is 18.2 Å². The molecule has 0 aliphatic carbocycles. The number of nitrogens with zero attached hydrogens (tertiary/aromatic N) is 3. The number of hydrogen-bond acceptors (Lipinski definition) is 4. The molecule has 3 aromatic rings. The first-order valence-corrected chi connectivity index (χ1v) is 5.85. The molecule has 0 aliphatic heterocycles. The van der Waals surface area contributed by atoms with Gasteiger partial charge in [-0.25, -0.2) is 9.97 Å². The van der Waals surface area contributed by atoms with Gasteiger partial charge in [-0.3, -0.25) is 5.10 Å². The van der Waals surface area contributed by atoms with Crippen molar-refractivity contribution in [1.82, 2.24) is 20.2 Å². The Balaban J connectivity index is 1.68. The van der Waals surface area contributed by atoms with Gasteiger partial charge in [-0.15, -0.1) is 0 Å². The van der Waals surface area contributed by atoms with Gasteiger partial charge in [0, 0.05) is 6.54 Å². The quantitative estimate of drug-likeness (QED) is 0.731. The van der Waals surface area contributed by atoms with Gasteiger partial charge in [0.15, 0.2) is 5.65 Å². The average Bonchev–Trinajstić information content (AvgIpc) is 2.89. The lowest BCUT2D eigenvalue weighted by Crippen LogP contribution is -2.06. The third-order valence-electron chi connectivity index (χ3n) is 2.80. The van der Waals surface area contributed by atoms with E-state index in [2.05, 4.69) is 37.6 Å². The number of aromatic amines is 1. The van der Waals surface area contributed by atoms with Crippen molar-refractivity contribution in [2.24, 2.45) is 0 Å². The van der Waals surface area contributed by atoms with Gasteiger partial charge in [-0.1, -0.05) is 30.3 Å². The molecule has 0 bridgehead atoms. The second-order valence-electron chi connectivity index (χ2n) is 4.02. The third-order valence-corrected chi connectivity index (χ3v) is 2.80. The fraction of sp³-hybridized carbons (Fsp3) is 0.154. The van der Waals surface area contributed by atoms with Gasteiger partial charge in [0.25, 0.3) is 0 Å². The molecule has 0 atom stereocenters. The van der Waals surface area contributed by atoms with E-state index in [9.17, 15) is 0 Å². The maximum Gasteiger partial charge on any atom is 0.160 e. The van der Waals surface area contributed by atoms with Gasteiger partial charge in [-0.05, 0) is 12.0 Å². The summed E-state index contributed by atoms with van der Waals surface area (Å²) in [5.41, 5.74) is 2.06. The lowest BCUT2D eigenvalue weighted by atomic mass is 10.1. The average molecular weight is 239 g/mol. The van der Waals surface area contributed by atoms with Crippen LogP contribution in [0.2, 0.25) is 0 Å². The summed E-state index contributed by atoms with van der Waals surface area (Å²) in [4.78, 5) is 8.33. The second-order valence-corrected chi connectivity index (χ2v) is 4.02. The fourth-order valence-electron chi connectivity index (χ4n) is 1.88. The number of nitrogens with one attached hydrogen (secondary N) is 2. The first kappa shape index (κ1) is 10.7. The van der Waals surface area contributed by atoms with Crippen molar-refractivity contribution < 1.29 is 0 Å². The van der Waals surface area contributed by atoms with Crippen LogP contribution in [0.1, 0.15) is 5.56 Å². The van der Waals surface area contributed by atoms with Gasteiger partial charge in [0.05, 0.1) is 11.6 Å². The molecular weight excluding hydrogens is 226 g/mol. The van der Waals surface area contributed by atoms with E-state index in [-0.39, 0.29) is 0 Å². The zero-order valence-corrected chi connectivity index (χ0v) is 9.80. The highest BCUT2D eigenvalue weighted by molar-refractivity contribution is 5.85. The Morgan fingerprint density at radius 1 is 1.11 bits per heavy atom. The number of H-pyrrole nitrogens is 1. The smallest absolute Gasteiger partial charge is 0.160 e. The largest absolute Gasteiger partial charge is 0.369 e. The molecule has 5 nitrogen and oxygen atoms in total. The number of hydrogen-bond donors (Lipinski definition) is 2. The Morgan fingerprint density at radius 3 is 2.89 bits per heavy atom. The Labute approximate surface area is 104 Å². The minimum Gasteiger partial charge on any atom is -0.369 e. The van der Waals surface area contributed by atoms with Gasteiger partial charge in [-0.2, -0.15) is 5.10 Å². The van der Waals surface area contributed by atoms with Crippen molar-refractivity contribution >= 4 is 16.9 Å². The third kappa shape index (κ3) is 2.15. The molecule has 90 valence electrons. The van der Waals surface area contributed by atoms with Crippen molar-refractivity contribution in [3.8, 4) is 0 Å². The summed E-state index contributed by atoms with van der Waals surface area (Å²) in [6.07, 6.45) is 4.23. The monoisotopic (exact) mass is 239 g/mol. The zero-order valence-electron chi connectivity index (χ0n) is 9.80. The van der Waals surface area contributed by atoms with E-state index in [1.54, 1.807) is 6.20 Å². The molecule has 0 aliphatic rings. The highest BCUT2D eigenvalue weighted by Crippen LogP contribution is 2.15. The zero-order chi connectivity index (χ0) is 12.2. The molecule has 2 heterocycles. The number of aromatic nitrogens is 4. The lowest BCUT2D eigenvalue weighted by Gasteiger charge is -2.05. The van der Waals surface area contributed by atoms with Crippen molar-refractivity contribution in [1.29, 1.82) is 0 Å². The fourth-order valence-corrected chi connectivity index (χ4v) is 1.88. The maximum absolute atomic E-state index is 4.23. The Kier molecular flexibility index (Phi) is 2.87. The second kappa shape index (κ2) is 4.83. The highest BCUT2D eigenvalue weighted by atomic mass is 15.2. The van der Waals surface area contributed by atoms with Crippen LogP contribution in [-0.4, -0.2) is 26.7 Å². The first-order chi connectivity index (χ1) is 8.93. The molecule has 0 fully saturated rings. The van der Waals surface area contributed by atoms with Crippen molar-refractivity contribution in [2.75, 3.05) is 11.9 Å². The van der Waals surface area contributed by atoms with Crippen molar-refractivity contribution in [3.63, 3.8) is 0 Å². The SMILES string of the molecule is c1ccc(CCNc2ncnc3[nH]ncc23)cc1. The van der Waals surface area contributed by atoms with E-state index in [0.29, 0.717) is 0 Å². The Hall–Kier alpha value is -2.43. The van der Waals surface area contributed by atoms with E-state index >= 15 is 0 Å². The normalized spacial score (nSPS) is 10.7. The minimum absolute atomic E-state index is 0.757. The topological polar surface area (TPSA) is 66.5 Å². The molecule has 0 saturated heterocycles. The van der Waals surface area contributed by atoms with Crippen LogP contribution in [0.5, 0.6) is 0 Å². The van der Waals surface area contributed by atoms with E-state index in [1.165, 1.54) is 11.9 Å². The van der Waals surface area contributed by atoms with Crippen LogP contribution in [0, 0.1) is 0 Å². The van der Waals surface area contributed by atoms with Gasteiger partial charge in [0.2, 0.25) is 0 Å². The predicted molar refractivity (Wildman–Crippen MR) is 70.3 cm³/mol. The molecule has 18 heavy (non-hydrogen) atoms. The highest BCUT2D eigenvalue weighted by Gasteiger charge is 2.04.